The summed E-state index contributed by atoms with van der Waals surface area (Å²) in [6, 6.07) is 0. The van der Waals surface area contributed by atoms with Crippen molar-refractivity contribution in [1.29, 1.82) is 0 Å². The van der Waals surface area contributed by atoms with Crippen LogP contribution in [0.1, 0.15) is 79.1 Å². The van der Waals surface area contributed by atoms with Crippen molar-refractivity contribution in [2.24, 2.45) is 0 Å². The molecule has 13 heteroatoms. The van der Waals surface area contributed by atoms with Crippen LogP contribution in [0.2, 0.25) is 0 Å². The van der Waals surface area contributed by atoms with E-state index in [1.54, 1.807) is 27.7 Å². The van der Waals surface area contributed by atoms with Crippen LogP contribution >= 0.6 is 0 Å². The van der Waals surface area contributed by atoms with E-state index in [1.807, 2.05) is 0 Å². The van der Waals surface area contributed by atoms with Gasteiger partial charge in [-0.3, -0.25) is 19.2 Å². The van der Waals surface area contributed by atoms with Crippen molar-refractivity contribution in [3.05, 3.63) is 12.2 Å². The monoisotopic (exact) mass is 572 g/mol. The van der Waals surface area contributed by atoms with E-state index in [4.69, 9.17) is 28.4 Å². The molecule has 0 N–H and O–H groups in total. The van der Waals surface area contributed by atoms with Crippen LogP contribution in [0, 0.1) is 0 Å². The summed E-state index contributed by atoms with van der Waals surface area (Å²) >= 11 is 0. The standard InChI is InChI=1S/C27H40O13/c1-6-10-20(30)37-24-17(16-35-19(29)15-14-18(28)34-5)36-27(40-23(33)13-9-4)26(39-22(32)12-8-3)25(24)38-21(31)11-7-2/h14-15,17,24-27H,6-13,16H2,1-5H3/b15-14+/t17-,24-,25+,26-,27-/m1/s1. The third-order valence-electron chi connectivity index (χ3n) is 5.40. The van der Waals surface area contributed by atoms with Crippen LogP contribution in [-0.4, -0.2) is 80.2 Å². The molecule has 1 heterocycles. The predicted octanol–water partition coefficient (Wildman–Crippen LogP) is 2.46. The van der Waals surface area contributed by atoms with Crippen molar-refractivity contribution >= 4 is 35.8 Å². The summed E-state index contributed by atoms with van der Waals surface area (Å²) in [7, 11) is 1.13. The van der Waals surface area contributed by atoms with Gasteiger partial charge in [0.2, 0.25) is 12.4 Å². The fraction of sp³-hybridized carbons (Fsp3) is 0.704. The second kappa shape index (κ2) is 18.7. The molecule has 0 unspecified atom stereocenters. The van der Waals surface area contributed by atoms with Gasteiger partial charge in [-0.05, 0) is 25.7 Å². The minimum Gasteiger partial charge on any atom is -0.466 e. The number of rotatable bonds is 16. The molecule has 1 fully saturated rings. The van der Waals surface area contributed by atoms with Crippen LogP contribution in [0.5, 0.6) is 0 Å². The Labute approximate surface area is 233 Å². The molecule has 226 valence electrons. The van der Waals surface area contributed by atoms with Gasteiger partial charge in [0.15, 0.2) is 12.2 Å². The Hall–Kier alpha value is -3.48. The van der Waals surface area contributed by atoms with Gasteiger partial charge >= 0.3 is 35.8 Å². The summed E-state index contributed by atoms with van der Waals surface area (Å²) in [5.74, 6) is -4.46. The molecule has 0 saturated carbocycles. The first kappa shape index (κ1) is 34.5. The van der Waals surface area contributed by atoms with Gasteiger partial charge in [-0.15, -0.1) is 0 Å². The van der Waals surface area contributed by atoms with Crippen molar-refractivity contribution in [3.63, 3.8) is 0 Å². The van der Waals surface area contributed by atoms with E-state index in [9.17, 15) is 28.8 Å². The van der Waals surface area contributed by atoms with Crippen molar-refractivity contribution < 1.29 is 61.9 Å². The molecule has 40 heavy (non-hydrogen) atoms. The van der Waals surface area contributed by atoms with Gasteiger partial charge in [0.25, 0.3) is 0 Å². The maximum Gasteiger partial charge on any atom is 0.331 e. The second-order valence-corrected chi connectivity index (χ2v) is 8.88. The Balaban J connectivity index is 3.47. The number of ether oxygens (including phenoxy) is 7. The third-order valence-corrected chi connectivity index (χ3v) is 5.40. The van der Waals surface area contributed by atoms with E-state index in [0.717, 1.165) is 19.3 Å². The predicted molar refractivity (Wildman–Crippen MR) is 136 cm³/mol. The maximum atomic E-state index is 12.6. The largest absolute Gasteiger partial charge is 0.466 e. The number of hydrogen-bond acceptors (Lipinski definition) is 13. The van der Waals surface area contributed by atoms with Gasteiger partial charge in [0.1, 0.15) is 12.7 Å². The summed E-state index contributed by atoms with van der Waals surface area (Å²) in [5, 5.41) is 0. The SMILES string of the molecule is CCCC(=O)O[C@H]1O[C@H](COC(=O)/C=C/C(=O)OC)[C@@H](OC(=O)CCC)[C@H](OC(=O)CCC)[C@H]1OC(=O)CCC. The first-order chi connectivity index (χ1) is 19.1. The fourth-order valence-corrected chi connectivity index (χ4v) is 3.56. The van der Waals surface area contributed by atoms with Crippen LogP contribution in [0.3, 0.4) is 0 Å². The average Bonchev–Trinajstić information content (AvgIpc) is 2.90. The summed E-state index contributed by atoms with van der Waals surface area (Å²) in [6.07, 6.45) is -3.75. The molecule has 0 spiro atoms. The van der Waals surface area contributed by atoms with Crippen molar-refractivity contribution in [1.82, 2.24) is 0 Å². The summed E-state index contributed by atoms with van der Waals surface area (Å²) < 4.78 is 37.7. The maximum absolute atomic E-state index is 12.6. The van der Waals surface area contributed by atoms with Crippen LogP contribution in [-0.2, 0) is 61.9 Å². The quantitative estimate of drug-likeness (QED) is 0.150. The Kier molecular flexibility index (Phi) is 16.2. The van der Waals surface area contributed by atoms with Gasteiger partial charge in [-0.1, -0.05) is 27.7 Å². The molecule has 1 saturated heterocycles. The first-order valence-corrected chi connectivity index (χ1v) is 13.5. The molecule has 0 radical (unpaired) electrons. The Bertz CT molecular complexity index is 897. The van der Waals surface area contributed by atoms with Crippen LogP contribution in [0.15, 0.2) is 12.2 Å². The zero-order chi connectivity index (χ0) is 30.1. The highest BCUT2D eigenvalue weighted by molar-refractivity contribution is 5.91. The van der Waals surface area contributed by atoms with Crippen LogP contribution in [0.25, 0.3) is 0 Å². The van der Waals surface area contributed by atoms with Gasteiger partial charge in [0, 0.05) is 37.8 Å². The van der Waals surface area contributed by atoms with E-state index < -0.39 is 73.1 Å². The van der Waals surface area contributed by atoms with Crippen LogP contribution in [0.4, 0.5) is 0 Å². The molecular formula is C27H40O13. The smallest absolute Gasteiger partial charge is 0.331 e. The van der Waals surface area contributed by atoms with Gasteiger partial charge in [-0.25, -0.2) is 9.59 Å². The van der Waals surface area contributed by atoms with E-state index >= 15 is 0 Å². The topological polar surface area (TPSA) is 167 Å². The van der Waals surface area contributed by atoms with Gasteiger partial charge in [-0.2, -0.15) is 0 Å². The van der Waals surface area contributed by atoms with Gasteiger partial charge in [0.05, 0.1) is 7.11 Å². The lowest BCUT2D eigenvalue weighted by atomic mass is 9.97. The fourth-order valence-electron chi connectivity index (χ4n) is 3.56. The van der Waals surface area contributed by atoms with Gasteiger partial charge < -0.3 is 33.2 Å². The molecule has 13 nitrogen and oxygen atoms in total. The molecule has 0 bridgehead atoms. The van der Waals surface area contributed by atoms with Crippen LogP contribution < -0.4 is 0 Å². The summed E-state index contributed by atoms with van der Waals surface area (Å²) in [4.78, 5) is 73.6. The lowest BCUT2D eigenvalue weighted by molar-refractivity contribution is -0.301. The zero-order valence-corrected chi connectivity index (χ0v) is 23.7. The molecule has 0 amide bonds. The number of hydrogen-bond donors (Lipinski definition) is 0. The van der Waals surface area contributed by atoms with E-state index in [0.29, 0.717) is 25.7 Å². The Morgan fingerprint density at radius 1 is 0.600 bits per heavy atom. The van der Waals surface area contributed by atoms with Crippen molar-refractivity contribution in [2.45, 2.75) is 110 Å². The lowest BCUT2D eigenvalue weighted by Crippen LogP contribution is -2.63. The highest BCUT2D eigenvalue weighted by Gasteiger charge is 2.54. The molecule has 0 aromatic carbocycles. The second-order valence-electron chi connectivity index (χ2n) is 8.88. The molecule has 1 aliphatic heterocycles. The molecule has 5 atom stereocenters. The number of methoxy groups -OCH3 is 1. The van der Waals surface area contributed by atoms with E-state index in [-0.39, 0.29) is 25.7 Å². The molecule has 0 aromatic heterocycles. The minimum atomic E-state index is -1.57. The number of carbonyl (C=O) groups is 6. The first-order valence-electron chi connectivity index (χ1n) is 13.5. The van der Waals surface area contributed by atoms with E-state index in [1.165, 1.54) is 0 Å². The number of esters is 6. The lowest BCUT2D eigenvalue weighted by Gasteiger charge is -2.44. The summed E-state index contributed by atoms with van der Waals surface area (Å²) in [6.45, 7) is 6.45. The highest BCUT2D eigenvalue weighted by Crippen LogP contribution is 2.31. The Morgan fingerprint density at radius 2 is 1.02 bits per heavy atom. The number of carbonyl (C=O) groups excluding carboxylic acids is 6. The average molecular weight is 573 g/mol. The minimum absolute atomic E-state index is 0.000868. The van der Waals surface area contributed by atoms with Crippen molar-refractivity contribution in [3.8, 4) is 0 Å². The third kappa shape index (κ3) is 12.1. The molecule has 1 aliphatic rings. The zero-order valence-electron chi connectivity index (χ0n) is 23.7. The molecule has 1 rings (SSSR count). The molecule has 0 aliphatic carbocycles. The molecule has 0 aromatic rings. The highest BCUT2D eigenvalue weighted by atomic mass is 16.7. The molecular weight excluding hydrogens is 532 g/mol. The normalized spacial score (nSPS) is 22.2. The van der Waals surface area contributed by atoms with E-state index in [2.05, 4.69) is 4.74 Å². The summed E-state index contributed by atoms with van der Waals surface area (Å²) in [5.41, 5.74) is 0. The van der Waals surface area contributed by atoms with Crippen molar-refractivity contribution in [2.75, 3.05) is 13.7 Å². The Morgan fingerprint density at radius 3 is 1.50 bits per heavy atom.